The Morgan fingerprint density at radius 2 is 1.90 bits per heavy atom. The standard InChI is InChI=1S/C17H21N3O/c1-15-3-11-4-16(2,8-15)10-17(5-11,9-15)14-19-7-12(6-18)13(21)20-14/h7,11H,3-5,8-10H2,1-2H3,(H,19,20,21). The molecule has 0 spiro atoms. The molecule has 0 amide bonds. The van der Waals surface area contributed by atoms with Crippen molar-refractivity contribution in [2.24, 2.45) is 16.7 Å². The Morgan fingerprint density at radius 3 is 2.43 bits per heavy atom. The van der Waals surface area contributed by atoms with Crippen LogP contribution in [-0.2, 0) is 5.41 Å². The third-order valence-corrected chi connectivity index (χ3v) is 6.05. The van der Waals surface area contributed by atoms with Crippen LogP contribution < -0.4 is 5.56 Å². The number of hydrogen-bond acceptors (Lipinski definition) is 3. The monoisotopic (exact) mass is 283 g/mol. The zero-order valence-corrected chi connectivity index (χ0v) is 12.7. The molecule has 2 atom stereocenters. The molecule has 0 aromatic carbocycles. The molecule has 4 aliphatic rings. The average molecular weight is 283 g/mol. The summed E-state index contributed by atoms with van der Waals surface area (Å²) >= 11 is 0. The third-order valence-electron chi connectivity index (χ3n) is 6.05. The van der Waals surface area contributed by atoms with Gasteiger partial charge in [-0.1, -0.05) is 13.8 Å². The normalized spacial score (nSPS) is 43.8. The lowest BCUT2D eigenvalue weighted by Crippen LogP contribution is -2.57. The molecule has 1 heterocycles. The quantitative estimate of drug-likeness (QED) is 0.861. The number of aromatic amines is 1. The number of nitrogens with one attached hydrogen (secondary N) is 1. The second kappa shape index (κ2) is 3.76. The van der Waals surface area contributed by atoms with Crippen molar-refractivity contribution >= 4 is 0 Å². The van der Waals surface area contributed by atoms with Crippen molar-refractivity contribution in [3.05, 3.63) is 27.9 Å². The van der Waals surface area contributed by atoms with Crippen LogP contribution in [0.15, 0.2) is 11.0 Å². The highest BCUT2D eigenvalue weighted by Crippen LogP contribution is 2.69. The molecule has 4 fully saturated rings. The summed E-state index contributed by atoms with van der Waals surface area (Å²) in [7, 11) is 0. The van der Waals surface area contributed by atoms with Crippen LogP contribution in [0, 0.1) is 28.1 Å². The van der Waals surface area contributed by atoms with Crippen molar-refractivity contribution in [2.45, 2.75) is 57.8 Å². The van der Waals surface area contributed by atoms with Gasteiger partial charge in [0.15, 0.2) is 0 Å². The first kappa shape index (κ1) is 13.1. The Kier molecular flexibility index (Phi) is 2.34. The number of hydrogen-bond donors (Lipinski definition) is 1. The van der Waals surface area contributed by atoms with Gasteiger partial charge in [0, 0.05) is 5.41 Å². The molecule has 0 saturated heterocycles. The zero-order valence-electron chi connectivity index (χ0n) is 12.7. The number of aromatic nitrogens is 2. The van der Waals surface area contributed by atoms with Crippen LogP contribution in [-0.4, -0.2) is 9.97 Å². The van der Waals surface area contributed by atoms with Crippen LogP contribution >= 0.6 is 0 Å². The van der Waals surface area contributed by atoms with Crippen LogP contribution in [0.5, 0.6) is 0 Å². The van der Waals surface area contributed by atoms with E-state index in [2.05, 4.69) is 23.8 Å². The van der Waals surface area contributed by atoms with Crippen molar-refractivity contribution in [1.82, 2.24) is 9.97 Å². The number of nitriles is 1. The van der Waals surface area contributed by atoms with Gasteiger partial charge in [-0.25, -0.2) is 4.98 Å². The van der Waals surface area contributed by atoms with E-state index in [-0.39, 0.29) is 16.5 Å². The van der Waals surface area contributed by atoms with E-state index in [1.807, 2.05) is 6.07 Å². The predicted octanol–water partition coefficient (Wildman–Crippen LogP) is 2.89. The lowest BCUT2D eigenvalue weighted by molar-refractivity contribution is -0.112. The highest BCUT2D eigenvalue weighted by atomic mass is 16.1. The molecule has 4 aliphatic carbocycles. The highest BCUT2D eigenvalue weighted by molar-refractivity contribution is 5.26. The first-order valence-corrected chi connectivity index (χ1v) is 7.85. The summed E-state index contributed by atoms with van der Waals surface area (Å²) < 4.78 is 0. The lowest BCUT2D eigenvalue weighted by atomic mass is 9.40. The van der Waals surface area contributed by atoms with Gasteiger partial charge >= 0.3 is 0 Å². The van der Waals surface area contributed by atoms with E-state index in [4.69, 9.17) is 5.26 Å². The van der Waals surface area contributed by atoms with E-state index < -0.39 is 0 Å². The van der Waals surface area contributed by atoms with E-state index in [0.717, 1.165) is 31.0 Å². The topological polar surface area (TPSA) is 69.5 Å². The van der Waals surface area contributed by atoms with Gasteiger partial charge in [-0.15, -0.1) is 0 Å². The molecular formula is C17H21N3O. The van der Waals surface area contributed by atoms with Crippen molar-refractivity contribution in [1.29, 1.82) is 5.26 Å². The molecular weight excluding hydrogens is 262 g/mol. The maximum absolute atomic E-state index is 12.0. The molecule has 4 heteroatoms. The fraction of sp³-hybridized carbons (Fsp3) is 0.706. The fourth-order valence-corrected chi connectivity index (χ4v) is 6.46. The summed E-state index contributed by atoms with van der Waals surface area (Å²) in [5, 5.41) is 8.92. The largest absolute Gasteiger partial charge is 0.309 e. The Balaban J connectivity index is 1.83. The van der Waals surface area contributed by atoms with Crippen molar-refractivity contribution in [3.63, 3.8) is 0 Å². The number of nitrogens with zero attached hydrogens (tertiary/aromatic N) is 2. The number of H-pyrrole nitrogens is 1. The lowest BCUT2D eigenvalue weighted by Gasteiger charge is -2.64. The molecule has 5 rings (SSSR count). The predicted molar refractivity (Wildman–Crippen MR) is 78.7 cm³/mol. The molecule has 1 aromatic rings. The van der Waals surface area contributed by atoms with Gasteiger partial charge in [0.05, 0.1) is 6.20 Å². The summed E-state index contributed by atoms with van der Waals surface area (Å²) in [6.07, 6.45) is 8.81. The summed E-state index contributed by atoms with van der Waals surface area (Å²) in [6, 6.07) is 1.90. The summed E-state index contributed by atoms with van der Waals surface area (Å²) in [5.41, 5.74) is 0.631. The van der Waals surface area contributed by atoms with Crippen LogP contribution in [0.1, 0.15) is 63.8 Å². The molecule has 4 nitrogen and oxygen atoms in total. The van der Waals surface area contributed by atoms with Gasteiger partial charge in [0.1, 0.15) is 17.5 Å². The molecule has 0 aliphatic heterocycles. The van der Waals surface area contributed by atoms with Crippen molar-refractivity contribution < 1.29 is 0 Å². The van der Waals surface area contributed by atoms with Crippen LogP contribution in [0.25, 0.3) is 0 Å². The van der Waals surface area contributed by atoms with Crippen LogP contribution in [0.3, 0.4) is 0 Å². The molecule has 21 heavy (non-hydrogen) atoms. The molecule has 4 bridgehead atoms. The average Bonchev–Trinajstić information content (AvgIpc) is 2.34. The Labute approximate surface area is 124 Å². The van der Waals surface area contributed by atoms with E-state index in [0.29, 0.717) is 10.8 Å². The van der Waals surface area contributed by atoms with Gasteiger partial charge in [-0.2, -0.15) is 5.26 Å². The molecule has 1 aromatic heterocycles. The third kappa shape index (κ3) is 1.79. The maximum atomic E-state index is 12.0. The molecule has 110 valence electrons. The van der Waals surface area contributed by atoms with Gasteiger partial charge in [0.2, 0.25) is 0 Å². The molecule has 4 saturated carbocycles. The summed E-state index contributed by atoms with van der Waals surface area (Å²) in [5.74, 6) is 1.59. The number of rotatable bonds is 1. The first-order valence-electron chi connectivity index (χ1n) is 7.85. The summed E-state index contributed by atoms with van der Waals surface area (Å²) in [4.78, 5) is 19.4. The van der Waals surface area contributed by atoms with Crippen LogP contribution in [0.4, 0.5) is 0 Å². The smallest absolute Gasteiger partial charge is 0.268 e. The van der Waals surface area contributed by atoms with Crippen molar-refractivity contribution in [3.8, 4) is 6.07 Å². The van der Waals surface area contributed by atoms with E-state index >= 15 is 0 Å². The second-order valence-corrected chi connectivity index (χ2v) is 8.50. The Hall–Kier alpha value is -1.63. The zero-order chi connectivity index (χ0) is 14.9. The Morgan fingerprint density at radius 1 is 1.24 bits per heavy atom. The van der Waals surface area contributed by atoms with E-state index in [1.54, 1.807) is 0 Å². The fourth-order valence-electron chi connectivity index (χ4n) is 6.46. The highest BCUT2D eigenvalue weighted by Gasteiger charge is 2.61. The maximum Gasteiger partial charge on any atom is 0.268 e. The minimum atomic E-state index is -0.284. The minimum Gasteiger partial charge on any atom is -0.309 e. The van der Waals surface area contributed by atoms with Crippen molar-refractivity contribution in [2.75, 3.05) is 0 Å². The van der Waals surface area contributed by atoms with E-state index in [9.17, 15) is 4.79 Å². The van der Waals surface area contributed by atoms with Gasteiger partial charge in [0.25, 0.3) is 5.56 Å². The molecule has 2 unspecified atom stereocenters. The van der Waals surface area contributed by atoms with E-state index in [1.165, 1.54) is 25.5 Å². The summed E-state index contributed by atoms with van der Waals surface area (Å²) in [6.45, 7) is 4.82. The van der Waals surface area contributed by atoms with Crippen LogP contribution in [0.2, 0.25) is 0 Å². The van der Waals surface area contributed by atoms with Gasteiger partial charge in [-0.3, -0.25) is 4.79 Å². The molecule has 1 N–H and O–H groups in total. The first-order chi connectivity index (χ1) is 9.85. The SMILES string of the molecule is CC12CC3CC(C)(C1)CC(c1ncc(C#N)c(=O)[nH]1)(C3)C2. The molecule has 0 radical (unpaired) electrons. The second-order valence-electron chi connectivity index (χ2n) is 8.50. The van der Waals surface area contributed by atoms with Gasteiger partial charge in [-0.05, 0) is 55.3 Å². The minimum absolute atomic E-state index is 0.0239. The Bertz CT molecular complexity index is 695. The van der Waals surface area contributed by atoms with Gasteiger partial charge < -0.3 is 4.98 Å².